The highest BCUT2D eigenvalue weighted by atomic mass is 35.5. The predicted molar refractivity (Wildman–Crippen MR) is 76.4 cm³/mol. The van der Waals surface area contributed by atoms with Gasteiger partial charge in [0.25, 0.3) is 0 Å². The Labute approximate surface area is 114 Å². The van der Waals surface area contributed by atoms with Crippen LogP contribution < -0.4 is 5.32 Å². The van der Waals surface area contributed by atoms with E-state index in [2.05, 4.69) is 32.2 Å². The van der Waals surface area contributed by atoms with Gasteiger partial charge in [0.2, 0.25) is 5.91 Å². The smallest absolute Gasteiger partial charge is 0.242 e. The normalized spacial score (nSPS) is 22.4. The van der Waals surface area contributed by atoms with Crippen molar-refractivity contribution in [2.24, 2.45) is 0 Å². The van der Waals surface area contributed by atoms with Gasteiger partial charge in [-0.25, -0.2) is 0 Å². The van der Waals surface area contributed by atoms with Gasteiger partial charge in [-0.3, -0.25) is 4.79 Å². The standard InChI is InChI=1S/C15H20ClNO/c1-9-8-15(3,4)11-6-5-7-12(13(9)11)17-14(18)10(2)16/h5-7,9-10H,8H2,1-4H3,(H,17,18)/t9?,10-/m0/s1. The van der Waals surface area contributed by atoms with Gasteiger partial charge >= 0.3 is 0 Å². The Morgan fingerprint density at radius 3 is 2.78 bits per heavy atom. The van der Waals surface area contributed by atoms with E-state index in [4.69, 9.17) is 11.6 Å². The summed E-state index contributed by atoms with van der Waals surface area (Å²) >= 11 is 5.81. The molecule has 0 saturated heterocycles. The van der Waals surface area contributed by atoms with Crippen LogP contribution in [-0.4, -0.2) is 11.3 Å². The van der Waals surface area contributed by atoms with Gasteiger partial charge in [-0.05, 0) is 41.9 Å². The summed E-state index contributed by atoms with van der Waals surface area (Å²) in [5.41, 5.74) is 3.72. The topological polar surface area (TPSA) is 29.1 Å². The molecule has 0 fully saturated rings. The molecule has 1 unspecified atom stereocenters. The molecule has 98 valence electrons. The fraction of sp³-hybridized carbons (Fsp3) is 0.533. The zero-order chi connectivity index (χ0) is 13.5. The highest BCUT2D eigenvalue weighted by Crippen LogP contribution is 2.48. The molecule has 0 saturated carbocycles. The molecular formula is C15H20ClNO. The molecule has 1 amide bonds. The maximum atomic E-state index is 11.7. The van der Waals surface area contributed by atoms with Crippen LogP contribution in [0.25, 0.3) is 0 Å². The van der Waals surface area contributed by atoms with Crippen molar-refractivity contribution >= 4 is 23.2 Å². The van der Waals surface area contributed by atoms with E-state index in [0.29, 0.717) is 5.92 Å². The van der Waals surface area contributed by atoms with Gasteiger partial charge in [0.1, 0.15) is 5.38 Å². The molecule has 1 aromatic rings. The van der Waals surface area contributed by atoms with E-state index in [1.807, 2.05) is 12.1 Å². The number of rotatable bonds is 2. The van der Waals surface area contributed by atoms with Crippen LogP contribution in [0.3, 0.4) is 0 Å². The van der Waals surface area contributed by atoms with E-state index < -0.39 is 5.38 Å². The zero-order valence-corrected chi connectivity index (χ0v) is 12.1. The monoisotopic (exact) mass is 265 g/mol. The van der Waals surface area contributed by atoms with Gasteiger partial charge in [-0.2, -0.15) is 0 Å². The summed E-state index contributed by atoms with van der Waals surface area (Å²) < 4.78 is 0. The van der Waals surface area contributed by atoms with E-state index in [0.717, 1.165) is 12.1 Å². The lowest BCUT2D eigenvalue weighted by Gasteiger charge is -2.19. The minimum Gasteiger partial charge on any atom is -0.325 e. The second-order valence-electron chi connectivity index (χ2n) is 5.86. The van der Waals surface area contributed by atoms with Gasteiger partial charge in [0, 0.05) is 5.69 Å². The van der Waals surface area contributed by atoms with Crippen molar-refractivity contribution in [3.8, 4) is 0 Å². The lowest BCUT2D eigenvalue weighted by Crippen LogP contribution is -2.21. The Morgan fingerprint density at radius 1 is 1.50 bits per heavy atom. The summed E-state index contributed by atoms with van der Waals surface area (Å²) in [4.78, 5) is 11.7. The van der Waals surface area contributed by atoms with Gasteiger partial charge in [0.05, 0.1) is 0 Å². The fourth-order valence-corrected chi connectivity index (χ4v) is 3.06. The van der Waals surface area contributed by atoms with Crippen molar-refractivity contribution in [2.45, 2.75) is 50.8 Å². The molecule has 2 rings (SSSR count). The van der Waals surface area contributed by atoms with Crippen LogP contribution in [0.5, 0.6) is 0 Å². The van der Waals surface area contributed by atoms with Crippen LogP contribution in [0, 0.1) is 0 Å². The number of halogens is 1. The van der Waals surface area contributed by atoms with E-state index in [-0.39, 0.29) is 11.3 Å². The van der Waals surface area contributed by atoms with Crippen molar-refractivity contribution < 1.29 is 4.79 Å². The third kappa shape index (κ3) is 2.26. The number of anilines is 1. The second kappa shape index (κ2) is 4.58. The molecule has 1 aliphatic rings. The van der Waals surface area contributed by atoms with Gasteiger partial charge in [-0.1, -0.05) is 32.9 Å². The molecule has 0 aromatic heterocycles. The number of carbonyl (C=O) groups is 1. The van der Waals surface area contributed by atoms with E-state index in [1.165, 1.54) is 11.1 Å². The number of nitrogens with one attached hydrogen (secondary N) is 1. The minimum absolute atomic E-state index is 0.137. The first-order chi connectivity index (χ1) is 8.33. The first kappa shape index (κ1) is 13.4. The third-order valence-electron chi connectivity index (χ3n) is 3.76. The Hall–Kier alpha value is -1.02. The Morgan fingerprint density at radius 2 is 2.17 bits per heavy atom. The van der Waals surface area contributed by atoms with Crippen LogP contribution in [0.4, 0.5) is 5.69 Å². The number of hydrogen-bond acceptors (Lipinski definition) is 1. The molecule has 2 nitrogen and oxygen atoms in total. The minimum atomic E-state index is -0.509. The van der Waals surface area contributed by atoms with Crippen molar-refractivity contribution in [3.63, 3.8) is 0 Å². The molecular weight excluding hydrogens is 246 g/mol. The zero-order valence-electron chi connectivity index (χ0n) is 11.4. The summed E-state index contributed by atoms with van der Waals surface area (Å²) in [7, 11) is 0. The summed E-state index contributed by atoms with van der Waals surface area (Å²) in [6.07, 6.45) is 1.12. The summed E-state index contributed by atoms with van der Waals surface area (Å²) in [5, 5.41) is 2.43. The molecule has 2 atom stereocenters. The quantitative estimate of drug-likeness (QED) is 0.804. The molecule has 1 aromatic carbocycles. The van der Waals surface area contributed by atoms with Gasteiger partial charge in [0.15, 0.2) is 0 Å². The van der Waals surface area contributed by atoms with E-state index in [9.17, 15) is 4.79 Å². The number of carbonyl (C=O) groups excluding carboxylic acids is 1. The Kier molecular flexibility index (Phi) is 3.41. The maximum Gasteiger partial charge on any atom is 0.242 e. The van der Waals surface area contributed by atoms with Gasteiger partial charge in [-0.15, -0.1) is 11.6 Å². The summed E-state index contributed by atoms with van der Waals surface area (Å²) in [5.74, 6) is 0.333. The molecule has 1 aliphatic carbocycles. The highest BCUT2D eigenvalue weighted by Gasteiger charge is 2.36. The Bertz CT molecular complexity index is 479. The van der Waals surface area contributed by atoms with Crippen molar-refractivity contribution in [3.05, 3.63) is 29.3 Å². The van der Waals surface area contributed by atoms with Crippen LogP contribution >= 0.6 is 11.6 Å². The number of hydrogen-bond donors (Lipinski definition) is 1. The molecule has 0 spiro atoms. The largest absolute Gasteiger partial charge is 0.325 e. The highest BCUT2D eigenvalue weighted by molar-refractivity contribution is 6.32. The van der Waals surface area contributed by atoms with Crippen molar-refractivity contribution in [2.75, 3.05) is 5.32 Å². The first-order valence-corrected chi connectivity index (χ1v) is 6.85. The van der Waals surface area contributed by atoms with Crippen LogP contribution in [0.2, 0.25) is 0 Å². The number of benzene rings is 1. The number of fused-ring (bicyclic) bond motifs is 1. The third-order valence-corrected chi connectivity index (χ3v) is 3.96. The maximum absolute atomic E-state index is 11.7. The lowest BCUT2D eigenvalue weighted by molar-refractivity contribution is -0.115. The van der Waals surface area contributed by atoms with Crippen molar-refractivity contribution in [1.29, 1.82) is 0 Å². The SMILES string of the molecule is CC1CC(C)(C)c2cccc(NC(=O)[C@H](C)Cl)c21. The molecule has 0 bridgehead atoms. The summed E-state index contributed by atoms with van der Waals surface area (Å²) in [6, 6.07) is 6.14. The molecule has 3 heteroatoms. The average Bonchev–Trinajstić information content (AvgIpc) is 2.50. The summed E-state index contributed by atoms with van der Waals surface area (Å²) in [6.45, 7) is 8.41. The average molecular weight is 266 g/mol. The molecule has 0 aliphatic heterocycles. The molecule has 1 N–H and O–H groups in total. The van der Waals surface area contributed by atoms with E-state index >= 15 is 0 Å². The number of amides is 1. The van der Waals surface area contributed by atoms with Crippen LogP contribution in [0.15, 0.2) is 18.2 Å². The molecule has 0 heterocycles. The predicted octanol–water partition coefficient (Wildman–Crippen LogP) is 4.04. The second-order valence-corrected chi connectivity index (χ2v) is 6.52. The Balaban J connectivity index is 2.41. The molecule has 0 radical (unpaired) electrons. The fourth-order valence-electron chi connectivity index (χ4n) is 3.00. The van der Waals surface area contributed by atoms with Gasteiger partial charge < -0.3 is 5.32 Å². The van der Waals surface area contributed by atoms with E-state index in [1.54, 1.807) is 6.92 Å². The van der Waals surface area contributed by atoms with Crippen LogP contribution in [-0.2, 0) is 10.2 Å². The van der Waals surface area contributed by atoms with Crippen LogP contribution in [0.1, 0.15) is 51.2 Å². The first-order valence-electron chi connectivity index (χ1n) is 6.41. The number of alkyl halides is 1. The lowest BCUT2D eigenvalue weighted by atomic mass is 9.86. The molecule has 18 heavy (non-hydrogen) atoms. The van der Waals surface area contributed by atoms with Crippen molar-refractivity contribution in [1.82, 2.24) is 0 Å².